The summed E-state index contributed by atoms with van der Waals surface area (Å²) < 4.78 is 0. The Kier molecular flexibility index (Phi) is 5.86. The van der Waals surface area contributed by atoms with Crippen molar-refractivity contribution in [2.75, 3.05) is 6.54 Å². The largest absolute Gasteiger partial charge is 0.310 e. The van der Waals surface area contributed by atoms with E-state index in [1.807, 2.05) is 12.2 Å². The summed E-state index contributed by atoms with van der Waals surface area (Å²) in [4.78, 5) is 0. The van der Waals surface area contributed by atoms with Gasteiger partial charge < -0.3 is 5.32 Å². The molecule has 11 heavy (non-hydrogen) atoms. The van der Waals surface area contributed by atoms with Crippen LogP contribution in [-0.4, -0.2) is 12.6 Å². The smallest absolute Gasteiger partial charge is 0.0135 e. The van der Waals surface area contributed by atoms with Gasteiger partial charge in [-0.25, -0.2) is 0 Å². The Morgan fingerprint density at radius 3 is 2.45 bits per heavy atom. The van der Waals surface area contributed by atoms with Gasteiger partial charge in [0.25, 0.3) is 0 Å². The highest BCUT2D eigenvalue weighted by atomic mass is 14.9. The molecule has 0 aromatic heterocycles. The molecule has 0 aliphatic heterocycles. The molecule has 64 valence electrons. The van der Waals surface area contributed by atoms with Gasteiger partial charge in [0.15, 0.2) is 0 Å². The molecule has 0 spiro atoms. The van der Waals surface area contributed by atoms with Crippen molar-refractivity contribution in [1.82, 2.24) is 5.32 Å². The quantitative estimate of drug-likeness (QED) is 0.578. The molecular weight excluding hydrogens is 134 g/mol. The SMILES string of the molecule is C=CCNC(CC)C(C)C=C. The predicted octanol–water partition coefficient (Wildman–Crippen LogP) is 2.36. The Morgan fingerprint density at radius 2 is 2.09 bits per heavy atom. The number of rotatable bonds is 6. The van der Waals surface area contributed by atoms with E-state index in [4.69, 9.17) is 0 Å². The van der Waals surface area contributed by atoms with Gasteiger partial charge in [0.1, 0.15) is 0 Å². The van der Waals surface area contributed by atoms with Crippen LogP contribution in [0.15, 0.2) is 25.3 Å². The van der Waals surface area contributed by atoms with Crippen LogP contribution in [0.5, 0.6) is 0 Å². The van der Waals surface area contributed by atoms with E-state index in [-0.39, 0.29) is 0 Å². The van der Waals surface area contributed by atoms with E-state index in [0.717, 1.165) is 13.0 Å². The third-order valence-electron chi connectivity index (χ3n) is 1.97. The first-order chi connectivity index (χ1) is 5.26. The average molecular weight is 153 g/mol. The average Bonchev–Trinajstić information content (AvgIpc) is 2.05. The zero-order valence-corrected chi connectivity index (χ0v) is 7.64. The van der Waals surface area contributed by atoms with Crippen LogP contribution in [0.1, 0.15) is 20.3 Å². The second-order valence-electron chi connectivity index (χ2n) is 2.81. The maximum Gasteiger partial charge on any atom is 0.0135 e. The molecule has 0 fully saturated rings. The molecule has 0 aliphatic carbocycles. The monoisotopic (exact) mass is 153 g/mol. The fraction of sp³-hybridized carbons (Fsp3) is 0.600. The van der Waals surface area contributed by atoms with Crippen molar-refractivity contribution in [3.63, 3.8) is 0 Å². The van der Waals surface area contributed by atoms with Crippen molar-refractivity contribution >= 4 is 0 Å². The highest BCUT2D eigenvalue weighted by Crippen LogP contribution is 2.06. The summed E-state index contributed by atoms with van der Waals surface area (Å²) >= 11 is 0. The molecule has 0 radical (unpaired) electrons. The summed E-state index contributed by atoms with van der Waals surface area (Å²) in [6, 6.07) is 0.547. The van der Waals surface area contributed by atoms with E-state index in [2.05, 4.69) is 32.3 Å². The summed E-state index contributed by atoms with van der Waals surface area (Å²) in [6.07, 6.45) is 5.02. The van der Waals surface area contributed by atoms with Gasteiger partial charge in [-0.05, 0) is 12.3 Å². The number of nitrogens with one attached hydrogen (secondary N) is 1. The first-order valence-corrected chi connectivity index (χ1v) is 4.23. The normalized spacial score (nSPS) is 15.5. The Morgan fingerprint density at radius 1 is 1.45 bits per heavy atom. The van der Waals surface area contributed by atoms with Crippen LogP contribution >= 0.6 is 0 Å². The summed E-state index contributed by atoms with van der Waals surface area (Å²) in [5, 5.41) is 3.38. The Labute approximate surface area is 70.2 Å². The predicted molar refractivity (Wildman–Crippen MR) is 51.6 cm³/mol. The van der Waals surface area contributed by atoms with E-state index in [1.165, 1.54) is 0 Å². The maximum atomic E-state index is 3.77. The van der Waals surface area contributed by atoms with Crippen molar-refractivity contribution < 1.29 is 0 Å². The lowest BCUT2D eigenvalue weighted by Crippen LogP contribution is -2.33. The summed E-state index contributed by atoms with van der Waals surface area (Å²) in [6.45, 7) is 12.7. The lowest BCUT2D eigenvalue weighted by Gasteiger charge is -2.20. The number of hydrogen-bond acceptors (Lipinski definition) is 1. The van der Waals surface area contributed by atoms with Crippen LogP contribution in [0, 0.1) is 5.92 Å². The van der Waals surface area contributed by atoms with Crippen LogP contribution in [0.3, 0.4) is 0 Å². The van der Waals surface area contributed by atoms with E-state index < -0.39 is 0 Å². The lowest BCUT2D eigenvalue weighted by atomic mass is 10.00. The second kappa shape index (κ2) is 6.17. The first kappa shape index (κ1) is 10.4. The van der Waals surface area contributed by atoms with E-state index in [9.17, 15) is 0 Å². The molecule has 0 bridgehead atoms. The summed E-state index contributed by atoms with van der Waals surface area (Å²) in [5.74, 6) is 0.542. The molecule has 0 aromatic carbocycles. The molecule has 0 heterocycles. The maximum absolute atomic E-state index is 3.77. The molecule has 1 N–H and O–H groups in total. The Hall–Kier alpha value is -0.560. The summed E-state index contributed by atoms with van der Waals surface area (Å²) in [7, 11) is 0. The molecule has 1 nitrogen and oxygen atoms in total. The van der Waals surface area contributed by atoms with Crippen molar-refractivity contribution in [2.45, 2.75) is 26.3 Å². The topological polar surface area (TPSA) is 12.0 Å². The second-order valence-corrected chi connectivity index (χ2v) is 2.81. The first-order valence-electron chi connectivity index (χ1n) is 4.23. The molecule has 1 heteroatoms. The zero-order chi connectivity index (χ0) is 8.69. The molecular formula is C10H19N. The van der Waals surface area contributed by atoms with Gasteiger partial charge in [0.2, 0.25) is 0 Å². The van der Waals surface area contributed by atoms with E-state index >= 15 is 0 Å². The Bertz CT molecular complexity index is 118. The van der Waals surface area contributed by atoms with Crippen molar-refractivity contribution in [3.8, 4) is 0 Å². The fourth-order valence-electron chi connectivity index (χ4n) is 1.10. The highest BCUT2D eigenvalue weighted by molar-refractivity contribution is 4.86. The van der Waals surface area contributed by atoms with E-state index in [0.29, 0.717) is 12.0 Å². The van der Waals surface area contributed by atoms with Gasteiger partial charge in [-0.1, -0.05) is 26.0 Å². The lowest BCUT2D eigenvalue weighted by molar-refractivity contribution is 0.436. The molecule has 0 saturated carbocycles. The molecule has 2 unspecified atom stereocenters. The van der Waals surface area contributed by atoms with Crippen molar-refractivity contribution in [1.29, 1.82) is 0 Å². The van der Waals surface area contributed by atoms with E-state index in [1.54, 1.807) is 0 Å². The molecule has 0 amide bonds. The van der Waals surface area contributed by atoms with Gasteiger partial charge in [-0.15, -0.1) is 13.2 Å². The minimum atomic E-state index is 0.542. The standard InChI is InChI=1S/C10H19N/c1-5-8-11-10(7-3)9(4)6-2/h5-6,9-11H,1-2,7-8H2,3-4H3. The van der Waals surface area contributed by atoms with Gasteiger partial charge >= 0.3 is 0 Å². The number of hydrogen-bond donors (Lipinski definition) is 1. The molecule has 0 aliphatic rings. The van der Waals surface area contributed by atoms with Gasteiger partial charge in [-0.2, -0.15) is 0 Å². The van der Waals surface area contributed by atoms with Crippen LogP contribution in [0.2, 0.25) is 0 Å². The van der Waals surface area contributed by atoms with Gasteiger partial charge in [0, 0.05) is 12.6 Å². The minimum absolute atomic E-state index is 0.542. The van der Waals surface area contributed by atoms with Crippen LogP contribution < -0.4 is 5.32 Å². The third kappa shape index (κ3) is 3.99. The zero-order valence-electron chi connectivity index (χ0n) is 7.64. The highest BCUT2D eigenvalue weighted by Gasteiger charge is 2.09. The fourth-order valence-corrected chi connectivity index (χ4v) is 1.10. The van der Waals surface area contributed by atoms with Gasteiger partial charge in [0.05, 0.1) is 0 Å². The molecule has 0 aromatic rings. The van der Waals surface area contributed by atoms with Crippen LogP contribution in [-0.2, 0) is 0 Å². The van der Waals surface area contributed by atoms with Crippen LogP contribution in [0.4, 0.5) is 0 Å². The van der Waals surface area contributed by atoms with Gasteiger partial charge in [-0.3, -0.25) is 0 Å². The third-order valence-corrected chi connectivity index (χ3v) is 1.97. The van der Waals surface area contributed by atoms with Crippen molar-refractivity contribution in [3.05, 3.63) is 25.3 Å². The Balaban J connectivity index is 3.73. The molecule has 2 atom stereocenters. The molecule has 0 rings (SSSR count). The summed E-state index contributed by atoms with van der Waals surface area (Å²) in [5.41, 5.74) is 0. The molecule has 0 saturated heterocycles. The van der Waals surface area contributed by atoms with Crippen LogP contribution in [0.25, 0.3) is 0 Å². The minimum Gasteiger partial charge on any atom is -0.310 e. The van der Waals surface area contributed by atoms with Crippen molar-refractivity contribution in [2.24, 2.45) is 5.92 Å².